The van der Waals surface area contributed by atoms with Gasteiger partial charge in [0.05, 0.1) is 0 Å². The maximum Gasteiger partial charge on any atom is 0.357 e. The molecule has 4 aromatic carbocycles. The number of likely N-dealkylation sites (N-methyl/N-ethyl adjacent to an activating group) is 1. The molecular formula is C40H38N4O6S2. The number of carbonyl (C=O) groups excluding carboxylic acids is 1. The van der Waals surface area contributed by atoms with Gasteiger partial charge in [-0.3, -0.25) is 4.79 Å². The Labute approximate surface area is 303 Å². The zero-order valence-electron chi connectivity index (χ0n) is 28.6. The minimum absolute atomic E-state index is 0.0428. The fourth-order valence-electron chi connectivity index (χ4n) is 6.85. The van der Waals surface area contributed by atoms with E-state index in [9.17, 15) is 21.6 Å². The molecule has 266 valence electrons. The van der Waals surface area contributed by atoms with E-state index in [1.54, 1.807) is 59.5 Å². The van der Waals surface area contributed by atoms with Crippen LogP contribution in [0.4, 0.5) is 0 Å². The van der Waals surface area contributed by atoms with E-state index in [4.69, 9.17) is 4.18 Å². The molecule has 0 N–H and O–H groups in total. The summed E-state index contributed by atoms with van der Waals surface area (Å²) in [5, 5.41) is 2.02. The van der Waals surface area contributed by atoms with Gasteiger partial charge in [-0.25, -0.2) is 18.4 Å². The van der Waals surface area contributed by atoms with Crippen LogP contribution >= 0.6 is 0 Å². The Morgan fingerprint density at radius 3 is 1.92 bits per heavy atom. The van der Waals surface area contributed by atoms with Gasteiger partial charge < -0.3 is 9.08 Å². The van der Waals surface area contributed by atoms with E-state index in [-0.39, 0.29) is 28.1 Å². The van der Waals surface area contributed by atoms with Crippen LogP contribution in [0.25, 0.3) is 21.5 Å². The molecule has 2 aromatic heterocycles. The number of benzene rings is 4. The van der Waals surface area contributed by atoms with E-state index in [0.717, 1.165) is 29.0 Å². The van der Waals surface area contributed by atoms with Crippen molar-refractivity contribution >= 4 is 47.6 Å². The number of pyridine rings is 2. The summed E-state index contributed by atoms with van der Waals surface area (Å²) in [5.74, 6) is 0.177. The summed E-state index contributed by atoms with van der Waals surface area (Å²) in [5.41, 5.74) is 1.88. The summed E-state index contributed by atoms with van der Waals surface area (Å²) in [6.07, 6.45) is 5.46. The number of sulfonamides is 1. The highest BCUT2D eigenvalue weighted by Crippen LogP contribution is 2.29. The van der Waals surface area contributed by atoms with Crippen molar-refractivity contribution in [2.75, 3.05) is 20.1 Å². The topological polar surface area (TPSA) is 127 Å². The number of piperidine rings is 1. The lowest BCUT2D eigenvalue weighted by Crippen LogP contribution is -2.52. The van der Waals surface area contributed by atoms with Crippen LogP contribution in [0.3, 0.4) is 0 Å². The zero-order valence-corrected chi connectivity index (χ0v) is 30.2. The van der Waals surface area contributed by atoms with Gasteiger partial charge in [0.15, 0.2) is 5.03 Å². The molecule has 0 spiro atoms. The van der Waals surface area contributed by atoms with E-state index in [1.165, 1.54) is 37.1 Å². The first kappa shape index (κ1) is 35.2. The molecule has 0 radical (unpaired) electrons. The van der Waals surface area contributed by atoms with Gasteiger partial charge in [0.2, 0.25) is 10.9 Å². The van der Waals surface area contributed by atoms with Crippen molar-refractivity contribution in [1.29, 1.82) is 0 Å². The highest BCUT2D eigenvalue weighted by atomic mass is 32.2. The number of likely N-dealkylation sites (tertiary alicyclic amines) is 1. The smallest absolute Gasteiger partial charge is 0.357 e. The highest BCUT2D eigenvalue weighted by Gasteiger charge is 2.38. The Hall–Kier alpha value is -5.17. The SMILES string of the molecule is CN([C@@H](Cc1ccc(OS(=O)(=O)c2nccc3ccccc23)cc1)C(=O)N1CCC(Cc2ccccc2)CC1)S(=O)(=O)c1nccc2ccccc12. The first-order chi connectivity index (χ1) is 25.1. The standard InChI is InChI=1S/C40H38N4O6S2/c1-43(51(46,47)38-35-13-7-5-11-32(35)19-23-41-38)37(40(45)44-25-21-31(22-26-44)27-29-9-3-2-4-10-29)28-30-15-17-34(18-16-30)50-52(48,49)39-36-14-8-6-12-33(36)20-24-42-39/h2-20,23-24,31,37H,21-22,25-28H2,1H3/t37-/m0/s1. The minimum atomic E-state index is -4.28. The maximum absolute atomic E-state index is 14.4. The van der Waals surface area contributed by atoms with Crippen LogP contribution in [0.5, 0.6) is 5.75 Å². The number of hydrogen-bond donors (Lipinski definition) is 0. The molecule has 6 aromatic rings. The van der Waals surface area contributed by atoms with Gasteiger partial charge in [0.1, 0.15) is 11.8 Å². The van der Waals surface area contributed by atoms with Gasteiger partial charge in [-0.15, -0.1) is 0 Å². The van der Waals surface area contributed by atoms with Crippen molar-refractivity contribution in [3.05, 3.63) is 139 Å². The second kappa shape index (κ2) is 14.8. The van der Waals surface area contributed by atoms with Gasteiger partial charge in [-0.05, 0) is 77.8 Å². The second-order valence-electron chi connectivity index (χ2n) is 13.1. The lowest BCUT2D eigenvalue weighted by atomic mass is 9.90. The van der Waals surface area contributed by atoms with E-state index < -0.39 is 26.2 Å². The number of fused-ring (bicyclic) bond motifs is 2. The molecule has 1 aliphatic heterocycles. The average Bonchev–Trinajstić information content (AvgIpc) is 3.17. The van der Waals surface area contributed by atoms with Crippen molar-refractivity contribution in [2.45, 2.75) is 41.8 Å². The van der Waals surface area contributed by atoms with Crippen LogP contribution in [0.15, 0.2) is 138 Å². The zero-order chi connectivity index (χ0) is 36.3. The summed E-state index contributed by atoms with van der Waals surface area (Å²) >= 11 is 0. The van der Waals surface area contributed by atoms with Crippen LogP contribution in [-0.4, -0.2) is 68.1 Å². The number of rotatable bonds is 11. The molecule has 1 fully saturated rings. The summed E-state index contributed by atoms with van der Waals surface area (Å²) in [6, 6.07) is 33.0. The molecule has 0 bridgehead atoms. The fourth-order valence-corrected chi connectivity index (χ4v) is 9.37. The van der Waals surface area contributed by atoms with E-state index >= 15 is 0 Å². The first-order valence-electron chi connectivity index (χ1n) is 17.1. The summed E-state index contributed by atoms with van der Waals surface area (Å²) in [7, 11) is -7.09. The molecule has 1 amide bonds. The van der Waals surface area contributed by atoms with Crippen molar-refractivity contribution in [3.63, 3.8) is 0 Å². The van der Waals surface area contributed by atoms with E-state index in [0.29, 0.717) is 40.7 Å². The number of aromatic nitrogens is 2. The Morgan fingerprint density at radius 1 is 0.731 bits per heavy atom. The molecule has 12 heteroatoms. The maximum atomic E-state index is 14.4. The molecule has 3 heterocycles. The summed E-state index contributed by atoms with van der Waals surface area (Å²) in [4.78, 5) is 24.5. The summed E-state index contributed by atoms with van der Waals surface area (Å²) < 4.78 is 61.7. The third-order valence-corrected chi connectivity index (χ3v) is 12.7. The first-order valence-corrected chi connectivity index (χ1v) is 20.0. The van der Waals surface area contributed by atoms with Crippen molar-refractivity contribution in [1.82, 2.24) is 19.2 Å². The third-order valence-electron chi connectivity index (χ3n) is 9.71. The number of hydrogen-bond acceptors (Lipinski definition) is 8. The van der Waals surface area contributed by atoms with Crippen LogP contribution in [-0.2, 0) is 37.8 Å². The number of nitrogens with zero attached hydrogens (tertiary/aromatic N) is 4. The average molecular weight is 735 g/mol. The predicted molar refractivity (Wildman–Crippen MR) is 200 cm³/mol. The van der Waals surface area contributed by atoms with E-state index in [1.807, 2.05) is 36.4 Å². The predicted octanol–water partition coefficient (Wildman–Crippen LogP) is 6.26. The van der Waals surface area contributed by atoms with Gasteiger partial charge in [-0.2, -0.15) is 12.7 Å². The van der Waals surface area contributed by atoms with Crippen LogP contribution in [0.2, 0.25) is 0 Å². The molecule has 1 aliphatic rings. The Kier molecular flexibility index (Phi) is 10.0. The molecule has 10 nitrogen and oxygen atoms in total. The molecule has 1 saturated heterocycles. The van der Waals surface area contributed by atoms with Gasteiger partial charge in [0, 0.05) is 43.3 Å². The van der Waals surface area contributed by atoms with E-state index in [2.05, 4.69) is 22.1 Å². The molecule has 0 saturated carbocycles. The van der Waals surface area contributed by atoms with Crippen molar-refractivity contribution in [2.24, 2.45) is 5.92 Å². The molecule has 52 heavy (non-hydrogen) atoms. The van der Waals surface area contributed by atoms with Gasteiger partial charge in [0.25, 0.3) is 10.0 Å². The van der Waals surface area contributed by atoms with Crippen molar-refractivity contribution in [3.8, 4) is 5.75 Å². The third kappa shape index (κ3) is 7.41. The number of carbonyl (C=O) groups is 1. The lowest BCUT2D eigenvalue weighted by molar-refractivity contribution is -0.136. The molecule has 1 atom stereocenters. The van der Waals surface area contributed by atoms with Gasteiger partial charge in [-0.1, -0.05) is 91.0 Å². The fraction of sp³-hybridized carbons (Fsp3) is 0.225. The van der Waals surface area contributed by atoms with Crippen LogP contribution in [0.1, 0.15) is 24.0 Å². The normalized spacial score (nSPS) is 14.8. The molecule has 7 rings (SSSR count). The molecule has 0 unspecified atom stereocenters. The Bertz CT molecular complexity index is 2420. The van der Waals surface area contributed by atoms with Crippen molar-refractivity contribution < 1.29 is 25.8 Å². The monoisotopic (exact) mass is 734 g/mol. The summed E-state index contributed by atoms with van der Waals surface area (Å²) in [6.45, 7) is 1.03. The Morgan fingerprint density at radius 2 is 1.29 bits per heavy atom. The number of amides is 1. The van der Waals surface area contributed by atoms with Crippen LogP contribution in [0, 0.1) is 5.92 Å². The second-order valence-corrected chi connectivity index (χ2v) is 16.4. The van der Waals surface area contributed by atoms with Crippen LogP contribution < -0.4 is 4.18 Å². The lowest BCUT2D eigenvalue weighted by Gasteiger charge is -2.36. The molecular weight excluding hydrogens is 697 g/mol. The minimum Gasteiger partial charge on any atom is -0.378 e. The molecule has 0 aliphatic carbocycles. The highest BCUT2D eigenvalue weighted by molar-refractivity contribution is 7.89. The largest absolute Gasteiger partial charge is 0.378 e. The van der Waals surface area contributed by atoms with Gasteiger partial charge >= 0.3 is 10.1 Å². The quantitative estimate of drug-likeness (QED) is 0.143. The Balaban J connectivity index is 1.14.